The molecule has 0 bridgehead atoms. The van der Waals surface area contributed by atoms with Crippen LogP contribution in [0.3, 0.4) is 0 Å². The van der Waals surface area contributed by atoms with Gasteiger partial charge in [0.2, 0.25) is 0 Å². The average Bonchev–Trinajstić information content (AvgIpc) is 2.58. The van der Waals surface area contributed by atoms with Gasteiger partial charge in [-0.2, -0.15) is 0 Å². The largest absolute Gasteiger partial charge is 0.388 e. The summed E-state index contributed by atoms with van der Waals surface area (Å²) in [5, 5.41) is 9.11. The van der Waals surface area contributed by atoms with Gasteiger partial charge in [-0.3, -0.25) is 4.90 Å². The van der Waals surface area contributed by atoms with Gasteiger partial charge in [-0.25, -0.2) is 4.98 Å². The highest BCUT2D eigenvalue weighted by atomic mass is 16.3. The van der Waals surface area contributed by atoms with Crippen LogP contribution in [0, 0.1) is 0 Å². The highest BCUT2D eigenvalue weighted by molar-refractivity contribution is 5.08. The molecule has 1 aliphatic rings. The summed E-state index contributed by atoms with van der Waals surface area (Å²) in [7, 11) is 0. The lowest BCUT2D eigenvalue weighted by molar-refractivity contribution is 0.100. The highest BCUT2D eigenvalue weighted by Crippen LogP contribution is 2.22. The van der Waals surface area contributed by atoms with Gasteiger partial charge in [0, 0.05) is 31.4 Å². The summed E-state index contributed by atoms with van der Waals surface area (Å²) in [6.07, 6.45) is 1.88. The number of fused-ring (bicyclic) bond motifs is 1. The van der Waals surface area contributed by atoms with Crippen LogP contribution in [0.2, 0.25) is 0 Å². The maximum absolute atomic E-state index is 9.11. The smallest absolute Gasteiger partial charge is 0.134 e. The van der Waals surface area contributed by atoms with Crippen LogP contribution in [0.4, 0.5) is 0 Å². The van der Waals surface area contributed by atoms with E-state index in [0.717, 1.165) is 25.5 Å². The van der Waals surface area contributed by atoms with E-state index in [9.17, 15) is 0 Å². The Kier molecular flexibility index (Phi) is 2.56. The fourth-order valence-corrected chi connectivity index (χ4v) is 2.05. The lowest BCUT2D eigenvalue weighted by Crippen LogP contribution is -2.45. The molecule has 4 nitrogen and oxygen atoms in total. The van der Waals surface area contributed by atoms with Crippen molar-refractivity contribution in [1.29, 1.82) is 0 Å². The van der Waals surface area contributed by atoms with Crippen LogP contribution in [0.5, 0.6) is 0 Å². The molecule has 4 heteroatoms. The zero-order chi connectivity index (χ0) is 11.1. The molecule has 0 unspecified atom stereocenters. The number of aliphatic hydroxyl groups is 1. The minimum atomic E-state index is 0.0372. The van der Waals surface area contributed by atoms with Gasteiger partial charge < -0.3 is 9.67 Å². The van der Waals surface area contributed by atoms with Gasteiger partial charge >= 0.3 is 0 Å². The molecule has 2 rings (SSSR count). The SMILES string of the molecule is CC(C)(C)N1CCn2c(cnc2CO)C1. The molecule has 1 aliphatic heterocycles. The van der Waals surface area contributed by atoms with Crippen molar-refractivity contribution in [2.24, 2.45) is 0 Å². The summed E-state index contributed by atoms with van der Waals surface area (Å²) in [6.45, 7) is 9.61. The van der Waals surface area contributed by atoms with Crippen LogP contribution in [0.25, 0.3) is 0 Å². The summed E-state index contributed by atoms with van der Waals surface area (Å²) < 4.78 is 2.13. The summed E-state index contributed by atoms with van der Waals surface area (Å²) in [5.74, 6) is 0.790. The Morgan fingerprint density at radius 2 is 2.13 bits per heavy atom. The normalized spacial score (nSPS) is 17.9. The molecule has 2 heterocycles. The van der Waals surface area contributed by atoms with E-state index in [4.69, 9.17) is 5.11 Å². The van der Waals surface area contributed by atoms with Crippen molar-refractivity contribution < 1.29 is 5.11 Å². The number of aromatic nitrogens is 2. The number of nitrogens with zero attached hydrogens (tertiary/aromatic N) is 3. The van der Waals surface area contributed by atoms with Gasteiger partial charge in [0.05, 0.1) is 5.69 Å². The second kappa shape index (κ2) is 3.61. The summed E-state index contributed by atoms with van der Waals surface area (Å²) in [6, 6.07) is 0. The fourth-order valence-electron chi connectivity index (χ4n) is 2.05. The third-order valence-corrected chi connectivity index (χ3v) is 3.06. The van der Waals surface area contributed by atoms with Crippen molar-refractivity contribution in [3.05, 3.63) is 17.7 Å². The molecule has 0 radical (unpaired) electrons. The van der Waals surface area contributed by atoms with Crippen molar-refractivity contribution in [2.45, 2.75) is 46.0 Å². The Bertz CT molecular complexity index is 351. The fraction of sp³-hybridized carbons (Fsp3) is 0.727. The van der Waals surface area contributed by atoms with E-state index in [1.165, 1.54) is 5.69 Å². The maximum Gasteiger partial charge on any atom is 0.134 e. The molecule has 15 heavy (non-hydrogen) atoms. The van der Waals surface area contributed by atoms with Gasteiger partial charge in [0.1, 0.15) is 12.4 Å². The number of imidazole rings is 1. The molecular weight excluding hydrogens is 190 g/mol. The standard InChI is InChI=1S/C11H19N3O/c1-11(2,3)13-4-5-14-9(7-13)6-12-10(14)8-15/h6,15H,4-5,7-8H2,1-3H3. The van der Waals surface area contributed by atoms with Crippen LogP contribution in [-0.2, 0) is 19.7 Å². The Morgan fingerprint density at radius 1 is 1.40 bits per heavy atom. The number of aliphatic hydroxyl groups excluding tert-OH is 1. The lowest BCUT2D eigenvalue weighted by Gasteiger charge is -2.38. The average molecular weight is 209 g/mol. The molecule has 0 spiro atoms. The molecule has 0 saturated carbocycles. The first-order valence-corrected chi connectivity index (χ1v) is 5.41. The molecule has 1 N–H and O–H groups in total. The van der Waals surface area contributed by atoms with Crippen molar-refractivity contribution in [1.82, 2.24) is 14.5 Å². The zero-order valence-corrected chi connectivity index (χ0v) is 9.69. The molecule has 0 amide bonds. The highest BCUT2D eigenvalue weighted by Gasteiger charge is 2.26. The topological polar surface area (TPSA) is 41.3 Å². The number of rotatable bonds is 1. The summed E-state index contributed by atoms with van der Waals surface area (Å²) >= 11 is 0. The minimum Gasteiger partial charge on any atom is -0.388 e. The predicted molar refractivity (Wildman–Crippen MR) is 58.3 cm³/mol. The van der Waals surface area contributed by atoms with Crippen molar-refractivity contribution in [2.75, 3.05) is 6.54 Å². The molecule has 0 saturated heterocycles. The minimum absolute atomic E-state index is 0.0372. The van der Waals surface area contributed by atoms with Crippen LogP contribution in [-0.4, -0.2) is 31.6 Å². The Labute approximate surface area is 90.5 Å². The number of hydrogen-bond acceptors (Lipinski definition) is 3. The van der Waals surface area contributed by atoms with E-state index in [0.29, 0.717) is 0 Å². The summed E-state index contributed by atoms with van der Waals surface area (Å²) in [5.41, 5.74) is 1.41. The monoisotopic (exact) mass is 209 g/mol. The molecular formula is C11H19N3O. The lowest BCUT2D eigenvalue weighted by atomic mass is 10.0. The van der Waals surface area contributed by atoms with Crippen LogP contribution < -0.4 is 0 Å². The van der Waals surface area contributed by atoms with Gasteiger partial charge in [-0.15, -0.1) is 0 Å². The molecule has 1 aromatic heterocycles. The van der Waals surface area contributed by atoms with Gasteiger partial charge in [-0.05, 0) is 20.8 Å². The van der Waals surface area contributed by atoms with E-state index < -0.39 is 0 Å². The van der Waals surface area contributed by atoms with Crippen molar-refractivity contribution in [3.8, 4) is 0 Å². The first-order valence-electron chi connectivity index (χ1n) is 5.41. The van der Waals surface area contributed by atoms with E-state index in [2.05, 4.69) is 35.2 Å². The van der Waals surface area contributed by atoms with Crippen molar-refractivity contribution >= 4 is 0 Å². The van der Waals surface area contributed by atoms with Gasteiger partial charge in [0.25, 0.3) is 0 Å². The van der Waals surface area contributed by atoms with E-state index in [1.807, 2.05) is 6.20 Å². The van der Waals surface area contributed by atoms with Crippen LogP contribution in [0.15, 0.2) is 6.20 Å². The zero-order valence-electron chi connectivity index (χ0n) is 9.69. The van der Waals surface area contributed by atoms with E-state index in [-0.39, 0.29) is 12.1 Å². The predicted octanol–water partition coefficient (Wildman–Crippen LogP) is 0.990. The second-order valence-electron chi connectivity index (χ2n) is 5.07. The van der Waals surface area contributed by atoms with E-state index >= 15 is 0 Å². The van der Waals surface area contributed by atoms with Crippen molar-refractivity contribution in [3.63, 3.8) is 0 Å². The number of hydrogen-bond donors (Lipinski definition) is 1. The maximum atomic E-state index is 9.11. The quantitative estimate of drug-likeness (QED) is 0.750. The van der Waals surface area contributed by atoms with Crippen LogP contribution >= 0.6 is 0 Å². The Balaban J connectivity index is 2.21. The second-order valence-corrected chi connectivity index (χ2v) is 5.07. The first kappa shape index (κ1) is 10.6. The molecule has 1 aromatic rings. The van der Waals surface area contributed by atoms with Gasteiger partial charge in [0.15, 0.2) is 0 Å². The molecule has 84 valence electrons. The third kappa shape index (κ3) is 1.92. The Morgan fingerprint density at radius 3 is 2.73 bits per heavy atom. The molecule has 0 fully saturated rings. The summed E-state index contributed by atoms with van der Waals surface area (Å²) in [4.78, 5) is 6.65. The van der Waals surface area contributed by atoms with E-state index in [1.54, 1.807) is 0 Å². The molecule has 0 atom stereocenters. The first-order chi connectivity index (χ1) is 7.02. The van der Waals surface area contributed by atoms with Gasteiger partial charge in [-0.1, -0.05) is 0 Å². The Hall–Kier alpha value is -0.870. The van der Waals surface area contributed by atoms with Crippen LogP contribution in [0.1, 0.15) is 32.3 Å². The molecule has 0 aromatic carbocycles. The third-order valence-electron chi connectivity index (χ3n) is 3.06. The molecule has 0 aliphatic carbocycles.